The molecule has 0 aliphatic heterocycles. The first kappa shape index (κ1) is 57.2. The second-order valence-electron chi connectivity index (χ2n) is 24.5. The lowest BCUT2D eigenvalue weighted by Gasteiger charge is -2.05. The summed E-state index contributed by atoms with van der Waals surface area (Å²) in [6.45, 7) is 6.34. The van der Waals surface area contributed by atoms with Crippen LogP contribution >= 0.6 is 68.0 Å². The zero-order chi connectivity index (χ0) is 68.4. The average Bonchev–Trinajstić information content (AvgIpc) is 1.60. The molecule has 20 rings (SSSR count). The van der Waals surface area contributed by atoms with Gasteiger partial charge in [0.25, 0.3) is 0 Å². The molecule has 0 radical (unpaired) electrons. The second kappa shape index (κ2) is 24.2. The van der Waals surface area contributed by atoms with Crippen molar-refractivity contribution in [3.8, 4) is 45.0 Å². The maximum Gasteiger partial charge on any atom is 0.232 e. The van der Waals surface area contributed by atoms with E-state index in [1.807, 2.05) is 174 Å². The smallest absolute Gasteiger partial charge is 0.232 e. The minimum Gasteiger partial charge on any atom is -0.452 e. The Morgan fingerprint density at radius 1 is 0.371 bits per heavy atom. The van der Waals surface area contributed by atoms with Crippen molar-refractivity contribution >= 4 is 190 Å². The number of hydrogen-bond acceptors (Lipinski definition) is 12. The molecule has 0 saturated carbocycles. The molecule has 0 amide bonds. The third-order valence-corrected chi connectivity index (χ3v) is 26.0. The molecule has 470 valence electrons. The zero-order valence-corrected chi connectivity index (χ0v) is 58.9. The van der Waals surface area contributed by atoms with Crippen LogP contribution in [0.3, 0.4) is 0 Å². The highest BCUT2D eigenvalue weighted by atomic mass is 32.2. The van der Waals surface area contributed by atoms with E-state index in [-0.39, 0.29) is 5.69 Å². The lowest BCUT2D eigenvalue weighted by atomic mass is 10.0. The quantitative estimate of drug-likeness (QED) is 0.163. The molecular formula is C81H62N8O2S6+4. The van der Waals surface area contributed by atoms with Crippen LogP contribution in [0.5, 0.6) is 0 Å². The molecule has 0 saturated heterocycles. The number of benzene rings is 8. The highest BCUT2D eigenvalue weighted by Gasteiger charge is 2.25. The molecule has 10 nitrogen and oxygen atoms in total. The molecule has 0 unspecified atom stereocenters. The SMILES string of the molecule is Cc1cc2c(cc1-c1cncc[n+]1C)sc1c3ccccc3sc21.Cc1ccc2c(sc3c4ccccc4sc23)c1-c1cncc[n+]1C.Cc1ccc2c(sc3sc4ccccc4c32)c1-c1cncc[n+]1C.[2H]C([2H])([2H])c1c[n+](C)c(-c2cc3oc4c5ccccc5oc4c3cc2C)cn1. The maximum atomic E-state index is 7.54. The number of aryl methyl sites for hydroxylation is 9. The van der Waals surface area contributed by atoms with E-state index in [1.54, 1.807) is 17.0 Å². The van der Waals surface area contributed by atoms with Gasteiger partial charge in [0.1, 0.15) is 45.1 Å². The Bertz CT molecular complexity index is 6620. The van der Waals surface area contributed by atoms with Crippen LogP contribution in [-0.2, 0) is 28.2 Å². The lowest BCUT2D eigenvalue weighted by molar-refractivity contribution is -0.661. The van der Waals surface area contributed by atoms with Crippen molar-refractivity contribution in [2.24, 2.45) is 28.2 Å². The van der Waals surface area contributed by atoms with Gasteiger partial charge in [0.05, 0.1) is 109 Å². The van der Waals surface area contributed by atoms with E-state index in [2.05, 4.69) is 185 Å². The van der Waals surface area contributed by atoms with Gasteiger partial charge in [-0.3, -0.25) is 15.0 Å². The summed E-state index contributed by atoms with van der Waals surface area (Å²) in [5.74, 6) is 0. The van der Waals surface area contributed by atoms with Crippen molar-refractivity contribution in [2.75, 3.05) is 0 Å². The van der Waals surface area contributed by atoms with E-state index < -0.39 is 6.85 Å². The normalized spacial score (nSPS) is 12.4. The summed E-state index contributed by atoms with van der Waals surface area (Å²) in [7, 11) is 8.06. The Labute approximate surface area is 586 Å². The Kier molecular flexibility index (Phi) is 14.3. The van der Waals surface area contributed by atoms with Crippen LogP contribution in [0.1, 0.15) is 32.1 Å². The van der Waals surface area contributed by atoms with E-state index >= 15 is 0 Å². The van der Waals surface area contributed by atoms with Crippen molar-refractivity contribution in [3.05, 3.63) is 242 Å². The van der Waals surface area contributed by atoms with Crippen LogP contribution in [0.25, 0.3) is 167 Å². The van der Waals surface area contributed by atoms with Crippen molar-refractivity contribution in [1.82, 2.24) is 19.9 Å². The highest BCUT2D eigenvalue weighted by molar-refractivity contribution is 7.45. The topological polar surface area (TPSA) is 93.4 Å². The number of hydrogen-bond donors (Lipinski definition) is 0. The molecule has 0 bridgehead atoms. The van der Waals surface area contributed by atoms with Gasteiger partial charge in [0.2, 0.25) is 22.8 Å². The van der Waals surface area contributed by atoms with Crippen LogP contribution in [0.2, 0.25) is 0 Å². The standard InChI is InChI=1S/C21H17N2O2.3C20H15N2S2/c1-12-8-16-19(9-15(12)17-10-22-13(2)11-23(17)3)25-20-14-6-4-5-7-18(14)24-21(16)20;1-12-9-15-18(10-14(12)16-11-21-7-8-22(16)2)24-19-13-5-3-4-6-17(13)23-20(15)19;1-12-7-8-14-18(17(12)15-11-21-9-10-22(15)2)24-19-13-5-3-4-6-16(13)23-20(14)19;1-12-7-8-14-18-13-5-3-4-6-16(13)23-20(18)24-19(14)17(12)15-11-21-9-10-22(15)2/h4-11H,1-3H3;3*3-11H,1-2H3/q4*+1/i2D3;;;. The van der Waals surface area contributed by atoms with E-state index in [9.17, 15) is 0 Å². The molecule has 12 aromatic heterocycles. The van der Waals surface area contributed by atoms with E-state index in [0.29, 0.717) is 0 Å². The van der Waals surface area contributed by atoms with Crippen LogP contribution in [0.4, 0.5) is 0 Å². The summed E-state index contributed by atoms with van der Waals surface area (Å²) in [5, 5.41) is 11.5. The number of thiophene rings is 6. The van der Waals surface area contributed by atoms with E-state index in [4.69, 9.17) is 12.9 Å². The zero-order valence-electron chi connectivity index (χ0n) is 57.1. The number of nitrogens with zero attached hydrogens (tertiary/aromatic N) is 8. The van der Waals surface area contributed by atoms with E-state index in [0.717, 1.165) is 55.6 Å². The molecule has 0 aliphatic rings. The number of para-hydroxylation sites is 1. The fourth-order valence-electron chi connectivity index (χ4n) is 13.5. The van der Waals surface area contributed by atoms with Gasteiger partial charge in [-0.1, -0.05) is 91.0 Å². The van der Waals surface area contributed by atoms with Gasteiger partial charge in [0, 0.05) is 60.6 Å². The fourth-order valence-corrected chi connectivity index (χ4v) is 21.8. The largest absolute Gasteiger partial charge is 0.452 e. The number of rotatable bonds is 4. The first-order chi connectivity index (χ1) is 48.5. The lowest BCUT2D eigenvalue weighted by Crippen LogP contribution is -2.31. The summed E-state index contributed by atoms with van der Waals surface area (Å²) in [6, 6.07) is 51.6. The third kappa shape index (κ3) is 10.4. The molecule has 0 spiro atoms. The van der Waals surface area contributed by atoms with Gasteiger partial charge in [-0.05, 0) is 111 Å². The first-order valence-corrected chi connectivity index (χ1v) is 36.5. The summed E-state index contributed by atoms with van der Waals surface area (Å²) in [5.41, 5.74) is 17.1. The van der Waals surface area contributed by atoms with Crippen LogP contribution in [-0.4, -0.2) is 19.9 Å². The number of aromatic nitrogens is 8. The highest BCUT2D eigenvalue weighted by Crippen LogP contribution is 2.50. The van der Waals surface area contributed by atoms with E-state index in [1.165, 1.54) is 133 Å². The third-order valence-electron chi connectivity index (χ3n) is 18.4. The first-order valence-electron chi connectivity index (χ1n) is 33.1. The number of fused-ring (bicyclic) bond motifs is 20. The summed E-state index contributed by atoms with van der Waals surface area (Å²) >= 11 is 11.4. The molecule has 0 aliphatic carbocycles. The van der Waals surface area contributed by atoms with Crippen molar-refractivity contribution in [3.63, 3.8) is 0 Å². The van der Waals surface area contributed by atoms with Gasteiger partial charge in [-0.25, -0.2) is 4.98 Å². The van der Waals surface area contributed by atoms with Gasteiger partial charge in [-0.15, -0.1) is 68.0 Å². The molecule has 12 heterocycles. The second-order valence-corrected chi connectivity index (χ2v) is 31.0. The molecule has 0 N–H and O–H groups in total. The predicted molar refractivity (Wildman–Crippen MR) is 409 cm³/mol. The molecule has 0 fully saturated rings. The molecule has 97 heavy (non-hydrogen) atoms. The van der Waals surface area contributed by atoms with Crippen LogP contribution in [0.15, 0.2) is 223 Å². The summed E-state index contributed by atoms with van der Waals surface area (Å²) in [4.78, 5) is 17.1. The molecule has 16 heteroatoms. The molecule has 8 aromatic carbocycles. The van der Waals surface area contributed by atoms with Crippen molar-refractivity contribution in [1.29, 1.82) is 0 Å². The minimum atomic E-state index is -2.23. The van der Waals surface area contributed by atoms with Crippen LogP contribution < -0.4 is 18.3 Å². The van der Waals surface area contributed by atoms with Crippen molar-refractivity contribution < 1.29 is 31.2 Å². The fraction of sp³-hybridized carbons (Fsp3) is 0.111. The monoisotopic (exact) mass is 1370 g/mol. The maximum absolute atomic E-state index is 7.54. The predicted octanol–water partition coefficient (Wildman–Crippen LogP) is 21.2. The summed E-state index contributed by atoms with van der Waals surface area (Å²) < 4.78 is 58.2. The summed E-state index contributed by atoms with van der Waals surface area (Å²) in [6.07, 6.45) is 20.5. The Balaban J connectivity index is 0.0000000999. The molecule has 0 atom stereocenters. The van der Waals surface area contributed by atoms with Gasteiger partial charge >= 0.3 is 0 Å². The van der Waals surface area contributed by atoms with Gasteiger partial charge < -0.3 is 8.83 Å². The molecule has 20 aromatic rings. The number of furan rings is 2. The van der Waals surface area contributed by atoms with Gasteiger partial charge in [0.15, 0.2) is 36.0 Å². The Morgan fingerprint density at radius 2 is 0.856 bits per heavy atom. The molecular weight excluding hydrogens is 1310 g/mol. The average molecular weight is 1370 g/mol. The van der Waals surface area contributed by atoms with Crippen LogP contribution in [0, 0.1) is 34.5 Å². The van der Waals surface area contributed by atoms with Gasteiger partial charge in [-0.2, -0.15) is 18.3 Å². The van der Waals surface area contributed by atoms with Crippen molar-refractivity contribution in [2.45, 2.75) is 34.5 Å². The Morgan fingerprint density at radius 3 is 1.48 bits per heavy atom. The minimum absolute atomic E-state index is 0.0689. The Hall–Kier alpha value is -10.0.